The van der Waals surface area contributed by atoms with Crippen LogP contribution in [0.15, 0.2) is 84.0 Å². The summed E-state index contributed by atoms with van der Waals surface area (Å²) in [5.74, 6) is -0.445. The van der Waals surface area contributed by atoms with E-state index >= 15 is 0 Å². The van der Waals surface area contributed by atoms with Crippen LogP contribution in [-0.4, -0.2) is 16.6 Å². The summed E-state index contributed by atoms with van der Waals surface area (Å²) < 4.78 is 0. The molecule has 1 amide bonds. The third kappa shape index (κ3) is 4.47. The molecule has 0 saturated heterocycles. The van der Waals surface area contributed by atoms with E-state index in [4.69, 9.17) is 39.9 Å². The summed E-state index contributed by atoms with van der Waals surface area (Å²) in [5.41, 5.74) is 7.59. The number of nitrogens with one attached hydrogen (secondary N) is 1. The van der Waals surface area contributed by atoms with Crippen molar-refractivity contribution in [3.8, 4) is 0 Å². The maximum absolute atomic E-state index is 13.6. The van der Waals surface area contributed by atoms with Crippen molar-refractivity contribution in [1.29, 1.82) is 0 Å². The van der Waals surface area contributed by atoms with Crippen LogP contribution in [-0.2, 0) is 17.9 Å². The number of rotatable bonds is 4. The summed E-state index contributed by atoms with van der Waals surface area (Å²) in [6, 6.07) is 25.2. The molecule has 5 nitrogen and oxygen atoms in total. The van der Waals surface area contributed by atoms with Gasteiger partial charge in [-0.25, -0.2) is 5.01 Å². The van der Waals surface area contributed by atoms with Gasteiger partial charge in [0.15, 0.2) is 0 Å². The standard InChI is InChI=1S/C29H23Cl3N4O/c1-17-27(29(37)34-35-15-20-6-2-4-18-5-3-7-21(16-35)26(18)20)33-36(25-13-12-23(31)14-24(25)32)28(17)19-8-10-22(30)11-9-19/h2-14,17,28H,15-16H2,1H3,(H,34,37)/t17-,28+/m1/s1. The molecule has 2 heterocycles. The maximum atomic E-state index is 13.6. The molecule has 0 aromatic heterocycles. The quantitative estimate of drug-likeness (QED) is 0.288. The third-order valence-electron chi connectivity index (χ3n) is 7.04. The molecule has 186 valence electrons. The van der Waals surface area contributed by atoms with Crippen LogP contribution in [0.3, 0.4) is 0 Å². The van der Waals surface area contributed by atoms with Crippen molar-refractivity contribution in [2.75, 3.05) is 5.01 Å². The monoisotopic (exact) mass is 548 g/mol. The first-order valence-corrected chi connectivity index (χ1v) is 13.2. The highest BCUT2D eigenvalue weighted by atomic mass is 35.5. The van der Waals surface area contributed by atoms with Crippen LogP contribution in [0.4, 0.5) is 5.69 Å². The summed E-state index contributed by atoms with van der Waals surface area (Å²) in [6.07, 6.45) is 0. The average Bonchev–Trinajstić information content (AvgIpc) is 3.21. The van der Waals surface area contributed by atoms with Crippen LogP contribution in [0.25, 0.3) is 10.8 Å². The first kappa shape index (κ1) is 24.3. The van der Waals surface area contributed by atoms with Crippen LogP contribution in [0.2, 0.25) is 15.1 Å². The summed E-state index contributed by atoms with van der Waals surface area (Å²) in [6.45, 7) is 3.25. The molecule has 0 fully saturated rings. The minimum absolute atomic E-state index is 0.214. The van der Waals surface area contributed by atoms with E-state index < -0.39 is 0 Å². The second kappa shape index (κ2) is 9.66. The fraction of sp³-hybridized carbons (Fsp3) is 0.172. The van der Waals surface area contributed by atoms with Crippen molar-refractivity contribution in [2.45, 2.75) is 26.1 Å². The molecule has 4 aromatic rings. The number of hydrazine groups is 1. The van der Waals surface area contributed by atoms with Gasteiger partial charge in [-0.3, -0.25) is 15.2 Å². The Bertz CT molecular complexity index is 1510. The molecule has 0 spiro atoms. The van der Waals surface area contributed by atoms with Crippen molar-refractivity contribution in [3.05, 3.63) is 111 Å². The lowest BCUT2D eigenvalue weighted by atomic mass is 9.91. The minimum Gasteiger partial charge on any atom is -0.283 e. The molecule has 0 aliphatic carbocycles. The number of hydrogen-bond donors (Lipinski definition) is 1. The van der Waals surface area contributed by atoms with Crippen LogP contribution in [0.5, 0.6) is 0 Å². The van der Waals surface area contributed by atoms with E-state index in [-0.39, 0.29) is 17.9 Å². The van der Waals surface area contributed by atoms with Gasteiger partial charge in [-0.2, -0.15) is 5.10 Å². The smallest absolute Gasteiger partial charge is 0.282 e. The number of halogens is 3. The molecular weight excluding hydrogens is 527 g/mol. The molecule has 8 heteroatoms. The van der Waals surface area contributed by atoms with Crippen molar-refractivity contribution in [3.63, 3.8) is 0 Å². The summed E-state index contributed by atoms with van der Waals surface area (Å²) in [5, 5.41) is 12.7. The largest absolute Gasteiger partial charge is 0.283 e. The molecule has 0 radical (unpaired) electrons. The lowest BCUT2D eigenvalue weighted by Gasteiger charge is -2.30. The first-order chi connectivity index (χ1) is 17.9. The lowest BCUT2D eigenvalue weighted by molar-refractivity contribution is -0.120. The molecule has 0 saturated carbocycles. The van der Waals surface area contributed by atoms with E-state index in [2.05, 4.69) is 41.8 Å². The third-order valence-corrected chi connectivity index (χ3v) is 7.83. The van der Waals surface area contributed by atoms with E-state index in [1.54, 1.807) is 12.1 Å². The number of hydrogen-bond acceptors (Lipinski definition) is 4. The van der Waals surface area contributed by atoms with E-state index in [1.807, 2.05) is 47.3 Å². The topological polar surface area (TPSA) is 47.9 Å². The molecule has 0 unspecified atom stereocenters. The number of benzene rings is 4. The molecule has 4 aromatic carbocycles. The zero-order chi connectivity index (χ0) is 25.7. The van der Waals surface area contributed by atoms with Crippen LogP contribution < -0.4 is 10.4 Å². The number of carbonyl (C=O) groups excluding carboxylic acids is 1. The summed E-state index contributed by atoms with van der Waals surface area (Å²) in [4.78, 5) is 13.6. The van der Waals surface area contributed by atoms with Crippen LogP contribution >= 0.6 is 34.8 Å². The Balaban J connectivity index is 1.31. The van der Waals surface area contributed by atoms with Crippen LogP contribution in [0.1, 0.15) is 29.7 Å². The second-order valence-electron chi connectivity index (χ2n) is 9.44. The zero-order valence-corrected chi connectivity index (χ0v) is 22.2. The van der Waals surface area contributed by atoms with Gasteiger partial charge < -0.3 is 0 Å². The molecular formula is C29H23Cl3N4O. The van der Waals surface area contributed by atoms with Gasteiger partial charge in [-0.05, 0) is 57.8 Å². The van der Waals surface area contributed by atoms with Crippen molar-refractivity contribution in [1.82, 2.24) is 10.4 Å². The highest BCUT2D eigenvalue weighted by molar-refractivity contribution is 6.41. The number of hydrazone groups is 1. The molecule has 2 aliphatic heterocycles. The number of anilines is 1. The average molecular weight is 550 g/mol. The molecule has 37 heavy (non-hydrogen) atoms. The number of carbonyl (C=O) groups is 1. The Kier molecular flexibility index (Phi) is 6.33. The Morgan fingerprint density at radius 2 is 1.54 bits per heavy atom. The Hall–Kier alpha value is -3.09. The summed E-state index contributed by atoms with van der Waals surface area (Å²) in [7, 11) is 0. The van der Waals surface area contributed by atoms with Gasteiger partial charge >= 0.3 is 0 Å². The van der Waals surface area contributed by atoms with E-state index in [1.165, 1.54) is 21.9 Å². The van der Waals surface area contributed by atoms with Gasteiger partial charge in [0, 0.05) is 29.1 Å². The molecule has 2 atom stereocenters. The van der Waals surface area contributed by atoms with E-state index in [0.717, 1.165) is 5.56 Å². The lowest BCUT2D eigenvalue weighted by Crippen LogP contribution is -2.46. The highest BCUT2D eigenvalue weighted by Crippen LogP contribution is 2.42. The van der Waals surface area contributed by atoms with Gasteiger partial charge in [0.25, 0.3) is 5.91 Å². The van der Waals surface area contributed by atoms with Gasteiger partial charge in [0.2, 0.25) is 0 Å². The van der Waals surface area contributed by atoms with Crippen LogP contribution in [0, 0.1) is 5.92 Å². The van der Waals surface area contributed by atoms with E-state index in [0.29, 0.717) is 39.6 Å². The summed E-state index contributed by atoms with van der Waals surface area (Å²) >= 11 is 18.9. The fourth-order valence-electron chi connectivity index (χ4n) is 5.36. The Morgan fingerprint density at radius 3 is 2.19 bits per heavy atom. The van der Waals surface area contributed by atoms with Gasteiger partial charge in [-0.1, -0.05) is 90.3 Å². The van der Waals surface area contributed by atoms with Gasteiger partial charge in [0.05, 0.1) is 16.8 Å². The maximum Gasteiger partial charge on any atom is 0.282 e. The van der Waals surface area contributed by atoms with Crippen molar-refractivity contribution < 1.29 is 4.79 Å². The van der Waals surface area contributed by atoms with Gasteiger partial charge in [0.1, 0.15) is 5.71 Å². The molecule has 0 bridgehead atoms. The molecule has 6 rings (SSSR count). The SMILES string of the molecule is C[C@@H]1C(C(=O)NN2Cc3cccc4cccc(c34)C2)=NN(c2ccc(Cl)cc2Cl)[C@@H]1c1ccc(Cl)cc1. The second-order valence-corrected chi connectivity index (χ2v) is 10.7. The number of nitrogens with zero attached hydrogens (tertiary/aromatic N) is 3. The Labute approximate surface area is 230 Å². The van der Waals surface area contributed by atoms with Crippen molar-refractivity contribution in [2.24, 2.45) is 11.0 Å². The fourth-order valence-corrected chi connectivity index (χ4v) is 5.98. The van der Waals surface area contributed by atoms with Gasteiger partial charge in [-0.15, -0.1) is 0 Å². The zero-order valence-electron chi connectivity index (χ0n) is 20.0. The number of amides is 1. The molecule has 2 aliphatic rings. The molecule has 1 N–H and O–H groups in total. The Morgan fingerprint density at radius 1 is 0.892 bits per heavy atom. The normalized spacial score (nSPS) is 19.2. The van der Waals surface area contributed by atoms with E-state index in [9.17, 15) is 4.79 Å². The first-order valence-electron chi connectivity index (χ1n) is 12.0. The van der Waals surface area contributed by atoms with Crippen molar-refractivity contribution >= 4 is 62.9 Å². The predicted molar refractivity (Wildman–Crippen MR) is 151 cm³/mol. The predicted octanol–water partition coefficient (Wildman–Crippen LogP) is 7.40. The highest BCUT2D eigenvalue weighted by Gasteiger charge is 2.40. The minimum atomic E-state index is -0.243.